The molecule has 198 valence electrons. The van der Waals surface area contributed by atoms with E-state index in [0.717, 1.165) is 17.4 Å². The lowest BCUT2D eigenvalue weighted by molar-refractivity contribution is -0.137. The lowest BCUT2D eigenvalue weighted by atomic mass is 10.0. The van der Waals surface area contributed by atoms with Gasteiger partial charge in [0, 0.05) is 37.4 Å². The fourth-order valence-corrected chi connectivity index (χ4v) is 4.88. The van der Waals surface area contributed by atoms with E-state index in [4.69, 9.17) is 4.74 Å². The van der Waals surface area contributed by atoms with Crippen LogP contribution in [0.2, 0.25) is 0 Å². The number of nitriles is 1. The van der Waals surface area contributed by atoms with Crippen LogP contribution in [0.5, 0.6) is 0 Å². The molecule has 3 heterocycles. The molecule has 0 bridgehead atoms. The largest absolute Gasteiger partial charge is 0.444 e. The number of alkyl halides is 3. The van der Waals surface area contributed by atoms with Gasteiger partial charge in [0.25, 0.3) is 0 Å². The fourth-order valence-electron chi connectivity index (χ4n) is 4.88. The zero-order valence-electron chi connectivity index (χ0n) is 21.5. The summed E-state index contributed by atoms with van der Waals surface area (Å²) >= 11 is 0. The van der Waals surface area contributed by atoms with Crippen molar-refractivity contribution in [2.24, 2.45) is 0 Å². The van der Waals surface area contributed by atoms with Crippen LogP contribution in [-0.4, -0.2) is 58.8 Å². The lowest BCUT2D eigenvalue weighted by Crippen LogP contribution is -2.56. The van der Waals surface area contributed by atoms with Gasteiger partial charge in [0.15, 0.2) is 0 Å². The zero-order chi connectivity index (χ0) is 27.0. The number of aryl methyl sites for hydroxylation is 1. The number of rotatable bonds is 3. The number of para-hydroxylation sites is 1. The maximum atomic E-state index is 13.6. The number of benzene rings is 1. The monoisotopic (exact) mass is 516 g/mol. The van der Waals surface area contributed by atoms with E-state index in [-0.39, 0.29) is 24.7 Å². The number of ether oxygens (including phenoxy) is 1. The molecule has 4 rings (SSSR count). The number of hydrogen-bond acceptors (Lipinski definition) is 7. The Labute approximate surface area is 214 Å². The summed E-state index contributed by atoms with van der Waals surface area (Å²) in [7, 11) is 0. The van der Waals surface area contributed by atoms with Crippen molar-refractivity contribution < 1.29 is 22.7 Å². The number of piperazine rings is 1. The van der Waals surface area contributed by atoms with Gasteiger partial charge in [-0.15, -0.1) is 0 Å². The standard InChI is InChI=1S/C26H31F3N6O2/c1-17-31-21-16-33(22-8-6-5-7-20(22)26(27,28)29)12-10-19(21)23(32-17)34-13-14-35(18(15-34)9-11-30)24(36)37-25(2,3)4/h5-8,18H,9-10,12-16H2,1-4H3. The average Bonchev–Trinajstić information content (AvgIpc) is 2.81. The van der Waals surface area contributed by atoms with E-state index < -0.39 is 23.4 Å². The van der Waals surface area contributed by atoms with Gasteiger partial charge in [0.05, 0.1) is 36.3 Å². The Balaban J connectivity index is 1.59. The lowest BCUT2D eigenvalue weighted by Gasteiger charge is -2.42. The molecule has 0 saturated carbocycles. The van der Waals surface area contributed by atoms with Gasteiger partial charge in [-0.2, -0.15) is 18.4 Å². The van der Waals surface area contributed by atoms with E-state index in [1.165, 1.54) is 12.1 Å². The molecule has 11 heteroatoms. The van der Waals surface area contributed by atoms with E-state index in [0.29, 0.717) is 44.1 Å². The molecule has 0 aliphatic carbocycles. The van der Waals surface area contributed by atoms with Crippen molar-refractivity contribution in [3.8, 4) is 6.07 Å². The van der Waals surface area contributed by atoms with Crippen molar-refractivity contribution >= 4 is 17.6 Å². The molecule has 1 atom stereocenters. The quantitative estimate of drug-likeness (QED) is 0.584. The van der Waals surface area contributed by atoms with Crippen LogP contribution in [-0.2, 0) is 23.9 Å². The number of nitrogens with zero attached hydrogens (tertiary/aromatic N) is 6. The summed E-state index contributed by atoms with van der Waals surface area (Å²) in [4.78, 5) is 27.4. The third-order valence-electron chi connectivity index (χ3n) is 6.44. The summed E-state index contributed by atoms with van der Waals surface area (Å²) in [5, 5.41) is 9.40. The molecule has 1 saturated heterocycles. The second-order valence-corrected chi connectivity index (χ2v) is 10.3. The number of carbonyl (C=O) groups excluding carboxylic acids is 1. The second kappa shape index (κ2) is 10.1. The van der Waals surface area contributed by atoms with Crippen molar-refractivity contribution in [2.45, 2.75) is 64.9 Å². The summed E-state index contributed by atoms with van der Waals surface area (Å²) in [5.74, 6) is 1.24. The molecule has 1 unspecified atom stereocenters. The molecule has 2 aliphatic rings. The van der Waals surface area contributed by atoms with Gasteiger partial charge in [0.1, 0.15) is 17.2 Å². The molecule has 1 aromatic heterocycles. The molecule has 1 fully saturated rings. The summed E-state index contributed by atoms with van der Waals surface area (Å²) in [6, 6.07) is 7.38. The molecule has 0 N–H and O–H groups in total. The van der Waals surface area contributed by atoms with E-state index in [1.54, 1.807) is 43.6 Å². The van der Waals surface area contributed by atoms with Crippen LogP contribution in [0.15, 0.2) is 24.3 Å². The number of fused-ring (bicyclic) bond motifs is 1. The summed E-state index contributed by atoms with van der Waals surface area (Å²) in [6.07, 6.45) is -4.28. The Morgan fingerprint density at radius 1 is 1.14 bits per heavy atom. The minimum Gasteiger partial charge on any atom is -0.444 e. The number of hydrogen-bond donors (Lipinski definition) is 0. The number of anilines is 2. The number of aromatic nitrogens is 2. The third kappa shape index (κ3) is 5.89. The predicted octanol–water partition coefficient (Wildman–Crippen LogP) is 4.71. The van der Waals surface area contributed by atoms with E-state index >= 15 is 0 Å². The van der Waals surface area contributed by atoms with E-state index in [9.17, 15) is 23.2 Å². The molecule has 37 heavy (non-hydrogen) atoms. The maximum absolute atomic E-state index is 13.6. The van der Waals surface area contributed by atoms with Crippen molar-refractivity contribution in [2.75, 3.05) is 36.0 Å². The number of carbonyl (C=O) groups is 1. The molecule has 1 aromatic carbocycles. The van der Waals surface area contributed by atoms with Crippen LogP contribution in [0.4, 0.5) is 29.5 Å². The van der Waals surface area contributed by atoms with Crippen molar-refractivity contribution in [1.82, 2.24) is 14.9 Å². The Bertz CT molecular complexity index is 1200. The maximum Gasteiger partial charge on any atom is 0.418 e. The molecule has 8 nitrogen and oxygen atoms in total. The zero-order valence-corrected chi connectivity index (χ0v) is 21.5. The summed E-state index contributed by atoms with van der Waals surface area (Å²) in [6.45, 7) is 9.03. The Hall–Kier alpha value is -3.55. The first-order valence-electron chi connectivity index (χ1n) is 12.3. The predicted molar refractivity (Wildman–Crippen MR) is 132 cm³/mol. The van der Waals surface area contributed by atoms with Crippen molar-refractivity contribution in [3.63, 3.8) is 0 Å². The Morgan fingerprint density at radius 2 is 1.86 bits per heavy atom. The normalized spacial score (nSPS) is 18.3. The van der Waals surface area contributed by atoms with Crippen LogP contribution in [0, 0.1) is 18.3 Å². The fraction of sp³-hybridized carbons (Fsp3) is 0.538. The first kappa shape index (κ1) is 26.5. The summed E-state index contributed by atoms with van der Waals surface area (Å²) < 4.78 is 46.4. The molecular weight excluding hydrogens is 485 g/mol. The molecule has 2 aromatic rings. The smallest absolute Gasteiger partial charge is 0.418 e. The SMILES string of the molecule is Cc1nc2c(c(N3CCN(C(=O)OC(C)(C)C)C(CC#N)C3)n1)CCN(c1ccccc1C(F)(F)F)C2. The minimum absolute atomic E-state index is 0.138. The highest BCUT2D eigenvalue weighted by Crippen LogP contribution is 2.39. The van der Waals surface area contributed by atoms with Crippen molar-refractivity contribution in [3.05, 3.63) is 46.9 Å². The van der Waals surface area contributed by atoms with E-state index in [2.05, 4.69) is 20.9 Å². The number of halogens is 3. The van der Waals surface area contributed by atoms with Gasteiger partial charge < -0.3 is 19.4 Å². The molecule has 0 radical (unpaired) electrons. The average molecular weight is 517 g/mol. The second-order valence-electron chi connectivity index (χ2n) is 10.3. The third-order valence-corrected chi connectivity index (χ3v) is 6.44. The topological polar surface area (TPSA) is 85.6 Å². The molecule has 2 aliphatic heterocycles. The Kier molecular flexibility index (Phi) is 7.22. The van der Waals surface area contributed by atoms with Crippen LogP contribution in [0.25, 0.3) is 0 Å². The number of amides is 1. The Morgan fingerprint density at radius 3 is 2.54 bits per heavy atom. The van der Waals surface area contributed by atoms with Crippen LogP contribution in [0.1, 0.15) is 49.8 Å². The molecule has 1 amide bonds. The first-order chi connectivity index (χ1) is 17.4. The molecule has 0 spiro atoms. The van der Waals surface area contributed by atoms with Gasteiger partial charge >= 0.3 is 12.3 Å². The van der Waals surface area contributed by atoms with Crippen molar-refractivity contribution in [1.29, 1.82) is 5.26 Å². The molecular formula is C26H31F3N6O2. The highest BCUT2D eigenvalue weighted by Gasteiger charge is 2.37. The van der Waals surface area contributed by atoms with Crippen LogP contribution < -0.4 is 9.80 Å². The van der Waals surface area contributed by atoms with Gasteiger partial charge in [-0.3, -0.25) is 0 Å². The minimum atomic E-state index is -4.45. The van der Waals surface area contributed by atoms with Crippen LogP contribution in [0.3, 0.4) is 0 Å². The van der Waals surface area contributed by atoms with Gasteiger partial charge in [-0.1, -0.05) is 12.1 Å². The van der Waals surface area contributed by atoms with Gasteiger partial charge in [-0.25, -0.2) is 14.8 Å². The highest BCUT2D eigenvalue weighted by molar-refractivity contribution is 5.69. The highest BCUT2D eigenvalue weighted by atomic mass is 19.4. The van der Waals surface area contributed by atoms with E-state index in [1.807, 2.05) is 0 Å². The first-order valence-corrected chi connectivity index (χ1v) is 12.3. The van der Waals surface area contributed by atoms with Gasteiger partial charge in [-0.05, 0) is 46.2 Å². The van der Waals surface area contributed by atoms with Crippen LogP contribution >= 0.6 is 0 Å². The van der Waals surface area contributed by atoms with Gasteiger partial charge in [0.2, 0.25) is 0 Å². The summed E-state index contributed by atoms with van der Waals surface area (Å²) in [5.41, 5.74) is 0.413.